The highest BCUT2D eigenvalue weighted by atomic mass is 32.1. The van der Waals surface area contributed by atoms with Gasteiger partial charge in [-0.25, -0.2) is 0 Å². The molecule has 0 aliphatic rings. The minimum absolute atomic E-state index is 0.284. The molecule has 0 N–H and O–H groups in total. The van der Waals surface area contributed by atoms with E-state index in [4.69, 9.17) is 0 Å². The number of nitrogens with zero attached hydrogens (tertiary/aromatic N) is 4. The molecule has 2 heterocycles. The number of aryl methyl sites for hydroxylation is 3. The molecule has 25 heavy (non-hydrogen) atoms. The fourth-order valence-electron chi connectivity index (χ4n) is 2.92. The van der Waals surface area contributed by atoms with E-state index in [9.17, 15) is 4.79 Å². The molecular weight excluding hydrogens is 332 g/mol. The highest BCUT2D eigenvalue weighted by Crippen LogP contribution is 2.23. The van der Waals surface area contributed by atoms with Crippen LogP contribution in [0.3, 0.4) is 0 Å². The van der Waals surface area contributed by atoms with Gasteiger partial charge in [-0.1, -0.05) is 31.3 Å². The van der Waals surface area contributed by atoms with Crippen molar-refractivity contribution in [1.29, 1.82) is 0 Å². The first-order valence-corrected chi connectivity index (χ1v) is 9.53. The van der Waals surface area contributed by atoms with Gasteiger partial charge in [0.25, 0.3) is 5.91 Å². The maximum absolute atomic E-state index is 12.6. The standard InChI is InChI=1S/C19H24N4OS/c1-6-22-16-9-8-14(12(3)4)11-17(16)25-19(22)20-18(24)15-10-13(5)23(7-2)21-15/h8-12H,6-7H2,1-5H3. The Morgan fingerprint density at radius 2 is 2.00 bits per heavy atom. The molecule has 0 saturated carbocycles. The Balaban J connectivity index is 2.09. The number of aromatic nitrogens is 3. The number of rotatable bonds is 4. The third kappa shape index (κ3) is 3.31. The second kappa shape index (κ2) is 6.96. The largest absolute Gasteiger partial charge is 0.317 e. The van der Waals surface area contributed by atoms with E-state index in [0.29, 0.717) is 11.6 Å². The summed E-state index contributed by atoms with van der Waals surface area (Å²) in [5, 5.41) is 4.34. The fourth-order valence-corrected chi connectivity index (χ4v) is 4.06. The van der Waals surface area contributed by atoms with E-state index in [1.165, 1.54) is 5.56 Å². The topological polar surface area (TPSA) is 52.2 Å². The zero-order valence-electron chi connectivity index (χ0n) is 15.4. The van der Waals surface area contributed by atoms with E-state index in [1.807, 2.05) is 18.5 Å². The van der Waals surface area contributed by atoms with Gasteiger partial charge in [0, 0.05) is 18.8 Å². The predicted molar refractivity (Wildman–Crippen MR) is 102 cm³/mol. The summed E-state index contributed by atoms with van der Waals surface area (Å²) in [4.78, 5) is 17.7. The van der Waals surface area contributed by atoms with Crippen molar-refractivity contribution in [2.75, 3.05) is 0 Å². The van der Waals surface area contributed by atoms with Crippen molar-refractivity contribution in [2.24, 2.45) is 4.99 Å². The molecule has 0 radical (unpaired) electrons. The van der Waals surface area contributed by atoms with Crippen LogP contribution < -0.4 is 4.80 Å². The lowest BCUT2D eigenvalue weighted by Crippen LogP contribution is -2.16. The first kappa shape index (κ1) is 17.6. The predicted octanol–water partition coefficient (Wildman–Crippen LogP) is 4.11. The second-order valence-corrected chi connectivity index (χ2v) is 7.42. The number of thiazole rings is 1. The first-order chi connectivity index (χ1) is 11.9. The Morgan fingerprint density at radius 1 is 1.24 bits per heavy atom. The molecule has 2 aromatic heterocycles. The molecule has 1 amide bonds. The molecule has 6 heteroatoms. The average molecular weight is 356 g/mol. The van der Waals surface area contributed by atoms with Gasteiger partial charge in [0.15, 0.2) is 10.5 Å². The average Bonchev–Trinajstić information content (AvgIpc) is 3.13. The number of amides is 1. The summed E-state index contributed by atoms with van der Waals surface area (Å²) in [6.45, 7) is 11.9. The molecule has 0 atom stereocenters. The lowest BCUT2D eigenvalue weighted by Gasteiger charge is -2.05. The summed E-state index contributed by atoms with van der Waals surface area (Å²) in [5.41, 5.74) is 3.80. The fraction of sp³-hybridized carbons (Fsp3) is 0.421. The van der Waals surface area contributed by atoms with Crippen LogP contribution in [0.25, 0.3) is 10.2 Å². The number of carbonyl (C=O) groups is 1. The molecule has 0 spiro atoms. The van der Waals surface area contributed by atoms with E-state index in [-0.39, 0.29) is 5.91 Å². The lowest BCUT2D eigenvalue weighted by atomic mass is 10.0. The van der Waals surface area contributed by atoms with Crippen LogP contribution >= 0.6 is 11.3 Å². The second-order valence-electron chi connectivity index (χ2n) is 6.41. The first-order valence-electron chi connectivity index (χ1n) is 8.71. The number of fused-ring (bicyclic) bond motifs is 1. The SMILES string of the molecule is CCn1nc(C(=O)N=c2sc3cc(C(C)C)ccc3n2CC)cc1C. The molecule has 3 rings (SSSR count). The van der Waals surface area contributed by atoms with Crippen LogP contribution in [0.5, 0.6) is 0 Å². The van der Waals surface area contributed by atoms with E-state index in [0.717, 1.165) is 33.8 Å². The van der Waals surface area contributed by atoms with Gasteiger partial charge in [-0.3, -0.25) is 9.48 Å². The van der Waals surface area contributed by atoms with Crippen LogP contribution in [-0.4, -0.2) is 20.3 Å². The van der Waals surface area contributed by atoms with E-state index in [2.05, 4.69) is 53.6 Å². The molecule has 3 aromatic rings. The van der Waals surface area contributed by atoms with Crippen molar-refractivity contribution in [2.45, 2.75) is 53.6 Å². The van der Waals surface area contributed by atoms with Crippen LogP contribution in [0, 0.1) is 6.92 Å². The maximum Gasteiger partial charge on any atom is 0.300 e. The van der Waals surface area contributed by atoms with Gasteiger partial charge in [-0.2, -0.15) is 10.1 Å². The monoisotopic (exact) mass is 356 g/mol. The van der Waals surface area contributed by atoms with Crippen molar-refractivity contribution in [1.82, 2.24) is 14.3 Å². The van der Waals surface area contributed by atoms with Gasteiger partial charge >= 0.3 is 0 Å². The Bertz CT molecular complexity index is 991. The van der Waals surface area contributed by atoms with Crippen molar-refractivity contribution < 1.29 is 4.79 Å². The third-order valence-electron chi connectivity index (χ3n) is 4.39. The van der Waals surface area contributed by atoms with Crippen molar-refractivity contribution in [3.63, 3.8) is 0 Å². The van der Waals surface area contributed by atoms with Crippen molar-refractivity contribution in [3.05, 3.63) is 46.0 Å². The van der Waals surface area contributed by atoms with Gasteiger partial charge in [-0.15, -0.1) is 0 Å². The number of benzene rings is 1. The summed E-state index contributed by atoms with van der Waals surface area (Å²) >= 11 is 1.56. The minimum atomic E-state index is -0.284. The Kier molecular flexibility index (Phi) is 4.90. The summed E-state index contributed by atoms with van der Waals surface area (Å²) < 4.78 is 5.07. The minimum Gasteiger partial charge on any atom is -0.317 e. The highest BCUT2D eigenvalue weighted by Gasteiger charge is 2.13. The molecule has 0 aliphatic heterocycles. The van der Waals surface area contributed by atoms with Crippen LogP contribution in [0.15, 0.2) is 29.3 Å². The number of carbonyl (C=O) groups excluding carboxylic acids is 1. The summed E-state index contributed by atoms with van der Waals surface area (Å²) in [5.74, 6) is 0.192. The smallest absolute Gasteiger partial charge is 0.300 e. The number of hydrogen-bond acceptors (Lipinski definition) is 3. The van der Waals surface area contributed by atoms with Crippen LogP contribution in [0.1, 0.15) is 55.4 Å². The van der Waals surface area contributed by atoms with Crippen LogP contribution in [0.2, 0.25) is 0 Å². The van der Waals surface area contributed by atoms with Gasteiger partial charge in [0.1, 0.15) is 0 Å². The Morgan fingerprint density at radius 3 is 2.60 bits per heavy atom. The van der Waals surface area contributed by atoms with Gasteiger partial charge in [-0.05, 0) is 50.5 Å². The third-order valence-corrected chi connectivity index (χ3v) is 5.43. The van der Waals surface area contributed by atoms with Crippen LogP contribution in [-0.2, 0) is 13.1 Å². The van der Waals surface area contributed by atoms with E-state index < -0.39 is 0 Å². The van der Waals surface area contributed by atoms with Crippen LogP contribution in [0.4, 0.5) is 0 Å². The zero-order chi connectivity index (χ0) is 18.1. The van der Waals surface area contributed by atoms with Crippen molar-refractivity contribution in [3.8, 4) is 0 Å². The lowest BCUT2D eigenvalue weighted by molar-refractivity contribution is 0.0992. The molecule has 132 valence electrons. The highest BCUT2D eigenvalue weighted by molar-refractivity contribution is 7.16. The molecule has 0 fully saturated rings. The Labute approximate surface area is 151 Å². The summed E-state index contributed by atoms with van der Waals surface area (Å²) in [7, 11) is 0. The van der Waals surface area contributed by atoms with E-state index in [1.54, 1.807) is 17.4 Å². The quantitative estimate of drug-likeness (QED) is 0.706. The Hall–Kier alpha value is -2.21. The maximum atomic E-state index is 12.6. The number of hydrogen-bond donors (Lipinski definition) is 0. The molecular formula is C19H24N4OS. The normalized spacial score (nSPS) is 12.5. The zero-order valence-corrected chi connectivity index (χ0v) is 16.2. The van der Waals surface area contributed by atoms with Crippen molar-refractivity contribution >= 4 is 27.5 Å². The van der Waals surface area contributed by atoms with Gasteiger partial charge in [0.2, 0.25) is 0 Å². The summed E-state index contributed by atoms with van der Waals surface area (Å²) in [6.07, 6.45) is 0. The van der Waals surface area contributed by atoms with Gasteiger partial charge < -0.3 is 4.57 Å². The van der Waals surface area contributed by atoms with Gasteiger partial charge in [0.05, 0.1) is 10.2 Å². The molecule has 1 aromatic carbocycles. The molecule has 0 bridgehead atoms. The van der Waals surface area contributed by atoms with E-state index >= 15 is 0 Å². The molecule has 0 saturated heterocycles. The molecule has 0 unspecified atom stereocenters. The summed E-state index contributed by atoms with van der Waals surface area (Å²) in [6, 6.07) is 8.29. The molecule has 0 aliphatic carbocycles. The molecule has 5 nitrogen and oxygen atoms in total.